The van der Waals surface area contributed by atoms with Crippen LogP contribution in [0.15, 0.2) is 17.2 Å². The van der Waals surface area contributed by atoms with E-state index in [0.29, 0.717) is 16.9 Å². The molecule has 5 nitrogen and oxygen atoms in total. The van der Waals surface area contributed by atoms with Crippen LogP contribution >= 0.6 is 0 Å². The van der Waals surface area contributed by atoms with Crippen molar-refractivity contribution in [2.24, 2.45) is 16.8 Å². The Kier molecular flexibility index (Phi) is 2.66. The molecule has 1 aromatic carbocycles. The standard InChI is InChI=1S/C10H14FN5/c11-8-3-7(12)4-9(16(14)5-15-13)10(8)6-1-2-6/h3-6H,1-2,12-14H2/b15-5-. The van der Waals surface area contributed by atoms with Crippen molar-refractivity contribution >= 4 is 17.7 Å². The SMILES string of the molecule is N/N=C\N(N)c1cc(N)cc(F)c1C1CC1. The molecule has 6 N–H and O–H groups in total. The van der Waals surface area contributed by atoms with E-state index in [9.17, 15) is 4.39 Å². The van der Waals surface area contributed by atoms with Crippen LogP contribution in [0.4, 0.5) is 15.8 Å². The van der Waals surface area contributed by atoms with E-state index in [1.807, 2.05) is 0 Å². The second kappa shape index (κ2) is 3.97. The smallest absolute Gasteiger partial charge is 0.130 e. The highest BCUT2D eigenvalue weighted by molar-refractivity contribution is 5.81. The van der Waals surface area contributed by atoms with E-state index in [2.05, 4.69) is 5.10 Å². The van der Waals surface area contributed by atoms with Crippen LogP contribution in [0.2, 0.25) is 0 Å². The number of hydrazone groups is 1. The van der Waals surface area contributed by atoms with E-state index < -0.39 is 0 Å². The van der Waals surface area contributed by atoms with Gasteiger partial charge in [0.15, 0.2) is 0 Å². The Bertz CT molecular complexity index is 427. The fraction of sp³-hybridized carbons (Fsp3) is 0.300. The van der Waals surface area contributed by atoms with Gasteiger partial charge in [-0.1, -0.05) is 0 Å². The summed E-state index contributed by atoms with van der Waals surface area (Å²) in [6, 6.07) is 2.93. The van der Waals surface area contributed by atoms with E-state index in [4.69, 9.17) is 17.4 Å². The molecule has 1 aliphatic rings. The molecule has 0 aliphatic heterocycles. The zero-order valence-corrected chi connectivity index (χ0v) is 8.73. The molecule has 0 aromatic heterocycles. The van der Waals surface area contributed by atoms with Crippen LogP contribution < -0.4 is 22.4 Å². The third-order valence-electron chi connectivity index (χ3n) is 2.58. The fourth-order valence-corrected chi connectivity index (χ4v) is 1.75. The lowest BCUT2D eigenvalue weighted by atomic mass is 10.1. The number of hydrogen-bond acceptors (Lipinski definition) is 4. The quantitative estimate of drug-likeness (QED) is 0.233. The second-order valence-corrected chi connectivity index (χ2v) is 3.88. The first-order chi connectivity index (χ1) is 7.63. The van der Waals surface area contributed by atoms with Crippen molar-refractivity contribution in [2.75, 3.05) is 10.7 Å². The van der Waals surface area contributed by atoms with Crippen molar-refractivity contribution in [1.82, 2.24) is 0 Å². The summed E-state index contributed by atoms with van der Waals surface area (Å²) >= 11 is 0. The van der Waals surface area contributed by atoms with Gasteiger partial charge in [0, 0.05) is 11.3 Å². The van der Waals surface area contributed by atoms with Crippen LogP contribution in [0, 0.1) is 5.82 Å². The Balaban J connectivity index is 2.48. The minimum Gasteiger partial charge on any atom is -0.399 e. The van der Waals surface area contributed by atoms with Gasteiger partial charge >= 0.3 is 0 Å². The number of halogens is 1. The Labute approximate surface area is 92.7 Å². The maximum absolute atomic E-state index is 13.8. The second-order valence-electron chi connectivity index (χ2n) is 3.88. The van der Waals surface area contributed by atoms with Crippen LogP contribution in [0.3, 0.4) is 0 Å². The maximum Gasteiger partial charge on any atom is 0.130 e. The molecule has 86 valence electrons. The average Bonchev–Trinajstić information content (AvgIpc) is 3.00. The molecular weight excluding hydrogens is 209 g/mol. The lowest BCUT2D eigenvalue weighted by Gasteiger charge is -2.18. The number of nitrogens with two attached hydrogens (primary N) is 3. The van der Waals surface area contributed by atoms with Crippen LogP contribution in [-0.4, -0.2) is 6.34 Å². The highest BCUT2D eigenvalue weighted by atomic mass is 19.1. The summed E-state index contributed by atoms with van der Waals surface area (Å²) in [6.45, 7) is 0. The molecule has 0 unspecified atom stereocenters. The maximum atomic E-state index is 13.8. The van der Waals surface area contributed by atoms with Crippen molar-refractivity contribution in [3.05, 3.63) is 23.5 Å². The summed E-state index contributed by atoms with van der Waals surface area (Å²) in [4.78, 5) is 0. The number of hydrazine groups is 1. The Hall–Kier alpha value is -1.82. The number of hydrogen-bond donors (Lipinski definition) is 3. The van der Waals surface area contributed by atoms with Crippen molar-refractivity contribution in [2.45, 2.75) is 18.8 Å². The van der Waals surface area contributed by atoms with Gasteiger partial charge < -0.3 is 11.6 Å². The summed E-state index contributed by atoms with van der Waals surface area (Å²) < 4.78 is 13.8. The topological polar surface area (TPSA) is 93.7 Å². The van der Waals surface area contributed by atoms with Gasteiger partial charge in [0.05, 0.1) is 5.69 Å². The normalized spacial score (nSPS) is 15.6. The highest BCUT2D eigenvalue weighted by Crippen LogP contribution is 2.45. The largest absolute Gasteiger partial charge is 0.399 e. The number of nitrogens with zero attached hydrogens (tertiary/aromatic N) is 2. The van der Waals surface area contributed by atoms with Crippen LogP contribution in [-0.2, 0) is 0 Å². The molecule has 0 heterocycles. The van der Waals surface area contributed by atoms with Gasteiger partial charge in [0.1, 0.15) is 12.2 Å². The molecule has 0 atom stereocenters. The van der Waals surface area contributed by atoms with E-state index in [1.54, 1.807) is 6.07 Å². The molecule has 1 aromatic rings. The first kappa shape index (κ1) is 10.7. The van der Waals surface area contributed by atoms with Crippen molar-refractivity contribution in [3.63, 3.8) is 0 Å². The average molecular weight is 223 g/mol. The zero-order valence-electron chi connectivity index (χ0n) is 8.73. The Morgan fingerprint density at radius 2 is 2.12 bits per heavy atom. The highest BCUT2D eigenvalue weighted by Gasteiger charge is 2.30. The molecule has 1 saturated carbocycles. The van der Waals surface area contributed by atoms with Gasteiger partial charge in [-0.05, 0) is 30.9 Å². The molecule has 6 heteroatoms. The van der Waals surface area contributed by atoms with Gasteiger partial charge in [-0.3, -0.25) is 5.01 Å². The zero-order chi connectivity index (χ0) is 11.7. The van der Waals surface area contributed by atoms with Crippen LogP contribution in [0.1, 0.15) is 24.3 Å². The number of benzene rings is 1. The number of nitrogen functional groups attached to an aromatic ring is 1. The van der Waals surface area contributed by atoms with Crippen molar-refractivity contribution in [1.29, 1.82) is 0 Å². The van der Waals surface area contributed by atoms with Gasteiger partial charge in [0.25, 0.3) is 0 Å². The predicted molar refractivity (Wildman–Crippen MR) is 62.1 cm³/mol. The molecule has 0 radical (unpaired) electrons. The summed E-state index contributed by atoms with van der Waals surface area (Å²) in [5.74, 6) is 10.6. The first-order valence-corrected chi connectivity index (χ1v) is 4.99. The number of anilines is 2. The molecule has 0 saturated heterocycles. The van der Waals surface area contributed by atoms with Crippen LogP contribution in [0.5, 0.6) is 0 Å². The Morgan fingerprint density at radius 1 is 1.44 bits per heavy atom. The number of rotatable bonds is 3. The molecule has 0 amide bonds. The molecule has 0 spiro atoms. The van der Waals surface area contributed by atoms with E-state index in [0.717, 1.165) is 12.8 Å². The molecular formula is C10H14FN5. The van der Waals surface area contributed by atoms with Gasteiger partial charge in [-0.25, -0.2) is 10.2 Å². The summed E-state index contributed by atoms with van der Waals surface area (Å²) in [5.41, 5.74) is 7.03. The predicted octanol–water partition coefficient (Wildman–Crippen LogP) is 0.867. The first-order valence-electron chi connectivity index (χ1n) is 4.99. The third-order valence-corrected chi connectivity index (χ3v) is 2.58. The van der Waals surface area contributed by atoms with E-state index in [-0.39, 0.29) is 11.7 Å². The third kappa shape index (κ3) is 1.92. The summed E-state index contributed by atoms with van der Waals surface area (Å²) in [6.07, 6.45) is 3.17. The summed E-state index contributed by atoms with van der Waals surface area (Å²) in [5, 5.41) is 4.49. The molecule has 16 heavy (non-hydrogen) atoms. The van der Waals surface area contributed by atoms with Crippen LogP contribution in [0.25, 0.3) is 0 Å². The van der Waals surface area contributed by atoms with Gasteiger partial charge in [0.2, 0.25) is 0 Å². The molecule has 1 fully saturated rings. The van der Waals surface area contributed by atoms with Gasteiger partial charge in [-0.15, -0.1) is 0 Å². The van der Waals surface area contributed by atoms with Crippen molar-refractivity contribution in [3.8, 4) is 0 Å². The molecule has 1 aliphatic carbocycles. The molecule has 2 rings (SSSR count). The van der Waals surface area contributed by atoms with E-state index in [1.165, 1.54) is 17.4 Å². The van der Waals surface area contributed by atoms with Gasteiger partial charge in [-0.2, -0.15) is 5.10 Å². The summed E-state index contributed by atoms with van der Waals surface area (Å²) in [7, 11) is 0. The molecule has 0 bridgehead atoms. The van der Waals surface area contributed by atoms with Crippen molar-refractivity contribution < 1.29 is 4.39 Å². The Morgan fingerprint density at radius 3 is 2.69 bits per heavy atom. The van der Waals surface area contributed by atoms with E-state index >= 15 is 0 Å². The monoisotopic (exact) mass is 223 g/mol. The fourth-order valence-electron chi connectivity index (χ4n) is 1.75. The lowest BCUT2D eigenvalue weighted by Crippen LogP contribution is -2.31. The lowest BCUT2D eigenvalue weighted by molar-refractivity contribution is 0.611. The minimum atomic E-state index is -0.321. The minimum absolute atomic E-state index is 0.229.